The fraction of sp³-hybridized carbons (Fsp3) is 0.333. The van der Waals surface area contributed by atoms with Crippen molar-refractivity contribution in [2.75, 3.05) is 13.1 Å². The van der Waals surface area contributed by atoms with Crippen LogP contribution in [0.1, 0.15) is 36.8 Å². The molecule has 1 N–H and O–H groups in total. The Morgan fingerprint density at radius 1 is 1.18 bits per heavy atom. The first-order valence-corrected chi connectivity index (χ1v) is 10.9. The molecule has 2 atom stereocenters. The van der Waals surface area contributed by atoms with Gasteiger partial charge < -0.3 is 10.2 Å². The molecule has 0 spiro atoms. The molecule has 2 aromatic rings. The van der Waals surface area contributed by atoms with E-state index in [9.17, 15) is 13.2 Å². The summed E-state index contributed by atoms with van der Waals surface area (Å²) in [4.78, 5) is 14.9. The molecule has 4 rings (SSSR count). The van der Waals surface area contributed by atoms with Crippen LogP contribution in [0.4, 0.5) is 0 Å². The quantitative estimate of drug-likeness (QED) is 0.860. The smallest absolute Gasteiger partial charge is 0.285 e. The lowest BCUT2D eigenvalue weighted by Gasteiger charge is -2.26. The molecule has 0 aromatic heterocycles. The lowest BCUT2D eigenvalue weighted by Crippen LogP contribution is -2.46. The van der Waals surface area contributed by atoms with Gasteiger partial charge in [0.1, 0.15) is 10.9 Å². The Morgan fingerprint density at radius 2 is 1.89 bits per heavy atom. The molecule has 0 bridgehead atoms. The number of carbonyl (C=O) groups excluding carboxylic acids is 1. The molecule has 146 valence electrons. The number of rotatable bonds is 4. The van der Waals surface area contributed by atoms with Crippen molar-refractivity contribution in [2.45, 2.75) is 36.6 Å². The third-order valence-electron chi connectivity index (χ3n) is 5.39. The fourth-order valence-electron chi connectivity index (χ4n) is 3.86. The number of carbonyl (C=O) groups is 1. The van der Waals surface area contributed by atoms with Crippen LogP contribution in [0.3, 0.4) is 0 Å². The molecule has 7 heteroatoms. The SMILES string of the molecule is C[C@H](CNC(=O)[C@@H]1CCCN1C1=NS(=O)(=O)c2ccccc21)c1ccccc1. The van der Waals surface area contributed by atoms with Crippen LogP contribution in [-0.4, -0.2) is 44.2 Å². The molecule has 1 saturated heterocycles. The fourth-order valence-corrected chi connectivity index (χ4v) is 5.08. The van der Waals surface area contributed by atoms with E-state index in [1.165, 1.54) is 5.56 Å². The average molecular weight is 398 g/mol. The zero-order chi connectivity index (χ0) is 19.7. The third-order valence-corrected chi connectivity index (χ3v) is 6.72. The molecule has 1 fully saturated rings. The maximum absolute atomic E-state index is 12.9. The van der Waals surface area contributed by atoms with E-state index in [0.717, 1.165) is 6.42 Å². The van der Waals surface area contributed by atoms with Crippen LogP contribution in [0.5, 0.6) is 0 Å². The van der Waals surface area contributed by atoms with Crippen molar-refractivity contribution in [3.63, 3.8) is 0 Å². The van der Waals surface area contributed by atoms with E-state index in [2.05, 4.69) is 16.6 Å². The third kappa shape index (κ3) is 3.42. The molecule has 0 aliphatic carbocycles. The number of hydrogen-bond donors (Lipinski definition) is 1. The van der Waals surface area contributed by atoms with Crippen molar-refractivity contribution in [1.29, 1.82) is 0 Å². The lowest BCUT2D eigenvalue weighted by atomic mass is 10.0. The molecular formula is C21H23N3O3S. The molecule has 0 unspecified atom stereocenters. The van der Waals surface area contributed by atoms with Crippen LogP contribution in [0, 0.1) is 0 Å². The zero-order valence-electron chi connectivity index (χ0n) is 15.7. The van der Waals surface area contributed by atoms with E-state index < -0.39 is 16.1 Å². The number of amides is 1. The Labute approximate surface area is 165 Å². The largest absolute Gasteiger partial charge is 0.354 e. The maximum atomic E-state index is 12.9. The van der Waals surface area contributed by atoms with Gasteiger partial charge in [-0.3, -0.25) is 4.79 Å². The van der Waals surface area contributed by atoms with Gasteiger partial charge >= 0.3 is 0 Å². The molecule has 28 heavy (non-hydrogen) atoms. The molecular weight excluding hydrogens is 374 g/mol. The van der Waals surface area contributed by atoms with E-state index in [1.807, 2.05) is 35.2 Å². The van der Waals surface area contributed by atoms with Gasteiger partial charge in [-0.15, -0.1) is 4.40 Å². The van der Waals surface area contributed by atoms with Crippen molar-refractivity contribution in [2.24, 2.45) is 4.40 Å². The number of likely N-dealkylation sites (tertiary alicyclic amines) is 1. The average Bonchev–Trinajstić information content (AvgIpc) is 3.29. The highest BCUT2D eigenvalue weighted by atomic mass is 32.2. The van der Waals surface area contributed by atoms with E-state index >= 15 is 0 Å². The Bertz CT molecular complexity index is 1020. The number of amidine groups is 1. The summed E-state index contributed by atoms with van der Waals surface area (Å²) in [6.07, 6.45) is 1.51. The van der Waals surface area contributed by atoms with Crippen molar-refractivity contribution < 1.29 is 13.2 Å². The monoisotopic (exact) mass is 397 g/mol. The van der Waals surface area contributed by atoms with Crippen molar-refractivity contribution in [3.05, 3.63) is 65.7 Å². The number of hydrogen-bond acceptors (Lipinski definition) is 4. The molecule has 2 aromatic carbocycles. The summed E-state index contributed by atoms with van der Waals surface area (Å²) in [6, 6.07) is 16.4. The lowest BCUT2D eigenvalue weighted by molar-refractivity contribution is -0.124. The first-order chi connectivity index (χ1) is 13.5. The number of sulfonamides is 1. The zero-order valence-corrected chi connectivity index (χ0v) is 16.5. The van der Waals surface area contributed by atoms with Crippen LogP contribution >= 0.6 is 0 Å². The van der Waals surface area contributed by atoms with Crippen LogP contribution in [0.15, 0.2) is 63.9 Å². The van der Waals surface area contributed by atoms with Gasteiger partial charge in [-0.25, -0.2) is 0 Å². The Kier molecular flexibility index (Phi) is 4.93. The molecule has 6 nitrogen and oxygen atoms in total. The minimum atomic E-state index is -3.69. The standard InChI is InChI=1S/C21H23N3O3S/c1-15(16-8-3-2-4-9-16)14-22-21(25)18-11-7-13-24(18)20-17-10-5-6-12-19(17)28(26,27)23-20/h2-6,8-10,12,15,18H,7,11,13-14H2,1H3,(H,22,25)/t15-,18+/m1/s1. The van der Waals surface area contributed by atoms with Gasteiger partial charge in [0.05, 0.1) is 0 Å². The van der Waals surface area contributed by atoms with E-state index in [1.54, 1.807) is 24.3 Å². The van der Waals surface area contributed by atoms with Crippen LogP contribution < -0.4 is 5.32 Å². The van der Waals surface area contributed by atoms with E-state index in [4.69, 9.17) is 0 Å². The number of benzene rings is 2. The topological polar surface area (TPSA) is 78.8 Å². The van der Waals surface area contributed by atoms with Crippen LogP contribution in [-0.2, 0) is 14.8 Å². The predicted octanol–water partition coefficient (Wildman–Crippen LogP) is 2.52. The highest BCUT2D eigenvalue weighted by Gasteiger charge is 2.39. The number of nitrogens with zero attached hydrogens (tertiary/aromatic N) is 2. The van der Waals surface area contributed by atoms with Gasteiger partial charge in [0.15, 0.2) is 5.84 Å². The summed E-state index contributed by atoms with van der Waals surface area (Å²) in [5.74, 6) is 0.513. The summed E-state index contributed by atoms with van der Waals surface area (Å²) in [6.45, 7) is 3.23. The van der Waals surface area contributed by atoms with Crippen molar-refractivity contribution in [3.8, 4) is 0 Å². The summed E-state index contributed by atoms with van der Waals surface area (Å²) in [5, 5.41) is 3.04. The first kappa shape index (κ1) is 18.7. The maximum Gasteiger partial charge on any atom is 0.285 e. The normalized spacial score (nSPS) is 21.1. The number of fused-ring (bicyclic) bond motifs is 1. The molecule has 0 saturated carbocycles. The highest BCUT2D eigenvalue weighted by Crippen LogP contribution is 2.31. The van der Waals surface area contributed by atoms with Gasteiger partial charge in [-0.2, -0.15) is 8.42 Å². The van der Waals surface area contributed by atoms with Crippen LogP contribution in [0.25, 0.3) is 0 Å². The Balaban J connectivity index is 1.49. The predicted molar refractivity (Wildman–Crippen MR) is 108 cm³/mol. The van der Waals surface area contributed by atoms with Gasteiger partial charge in [-0.1, -0.05) is 49.4 Å². The Hall–Kier alpha value is -2.67. The van der Waals surface area contributed by atoms with Crippen molar-refractivity contribution >= 4 is 21.8 Å². The Morgan fingerprint density at radius 3 is 2.68 bits per heavy atom. The summed E-state index contributed by atoms with van der Waals surface area (Å²) in [7, 11) is -3.69. The number of nitrogens with one attached hydrogen (secondary N) is 1. The first-order valence-electron chi connectivity index (χ1n) is 9.51. The molecule has 2 heterocycles. The molecule has 2 aliphatic heterocycles. The van der Waals surface area contributed by atoms with E-state index in [0.29, 0.717) is 30.9 Å². The second-order valence-corrected chi connectivity index (χ2v) is 8.87. The van der Waals surface area contributed by atoms with E-state index in [-0.39, 0.29) is 16.7 Å². The molecule has 1 amide bonds. The minimum Gasteiger partial charge on any atom is -0.354 e. The molecule has 0 radical (unpaired) electrons. The summed E-state index contributed by atoms with van der Waals surface area (Å²) in [5.41, 5.74) is 1.76. The van der Waals surface area contributed by atoms with Gasteiger partial charge in [0.2, 0.25) is 5.91 Å². The van der Waals surface area contributed by atoms with Crippen LogP contribution in [0.2, 0.25) is 0 Å². The second kappa shape index (κ2) is 7.39. The molecule has 2 aliphatic rings. The summed E-state index contributed by atoms with van der Waals surface area (Å²) >= 11 is 0. The van der Waals surface area contributed by atoms with Gasteiger partial charge in [0, 0.05) is 18.7 Å². The summed E-state index contributed by atoms with van der Waals surface area (Å²) < 4.78 is 28.7. The van der Waals surface area contributed by atoms with Gasteiger partial charge in [0.25, 0.3) is 10.0 Å². The highest BCUT2D eigenvalue weighted by molar-refractivity contribution is 7.90. The minimum absolute atomic E-state index is 0.0789. The van der Waals surface area contributed by atoms with Gasteiger partial charge in [-0.05, 0) is 36.5 Å². The van der Waals surface area contributed by atoms with Crippen molar-refractivity contribution in [1.82, 2.24) is 10.2 Å². The second-order valence-electron chi connectivity index (χ2n) is 7.29.